The molecule has 4 nitrogen and oxygen atoms in total. The Hall–Kier alpha value is 0.250. The van der Waals surface area contributed by atoms with Crippen LogP contribution in [0.25, 0.3) is 0 Å². The molecule has 0 saturated heterocycles. The fraction of sp³-hybridized carbons (Fsp3) is 1.00. The highest BCUT2D eigenvalue weighted by Crippen LogP contribution is 2.62. The molecule has 12 heavy (non-hydrogen) atoms. The Balaban J connectivity index is 2.52. The molecule has 0 aromatic carbocycles. The molecule has 0 heterocycles. The molecular formula is C6H13NO3P2. The third-order valence-corrected chi connectivity index (χ3v) is 4.41. The highest BCUT2D eigenvalue weighted by atomic mass is 31.8. The van der Waals surface area contributed by atoms with Gasteiger partial charge in [0.1, 0.15) is 0 Å². The standard InChI is InChI=1S/C6H13NO3P2/c1-6(2)4-5(6)10-12(11,7-8)9-3/h5,11H,4H2,1-3H3. The normalized spacial score (nSPS) is 30.8. The number of rotatable bonds is 4. The minimum absolute atomic E-state index is 0.0981. The minimum Gasteiger partial charge on any atom is -0.319 e. The molecule has 0 aliphatic heterocycles. The maximum absolute atomic E-state index is 10.3. The third-order valence-electron chi connectivity index (χ3n) is 2.05. The molecule has 1 saturated carbocycles. The topological polar surface area (TPSA) is 47.9 Å². The van der Waals surface area contributed by atoms with E-state index in [2.05, 4.69) is 27.3 Å². The molecule has 70 valence electrons. The van der Waals surface area contributed by atoms with Gasteiger partial charge in [-0.15, -0.1) is 4.91 Å². The second kappa shape index (κ2) is 3.19. The van der Waals surface area contributed by atoms with Gasteiger partial charge in [0.15, 0.2) is 0 Å². The predicted molar refractivity (Wildman–Crippen MR) is 51.3 cm³/mol. The van der Waals surface area contributed by atoms with Crippen LogP contribution in [-0.4, -0.2) is 13.2 Å². The fourth-order valence-electron chi connectivity index (χ4n) is 0.867. The van der Waals surface area contributed by atoms with Gasteiger partial charge in [-0.1, -0.05) is 13.8 Å². The summed E-state index contributed by atoms with van der Waals surface area (Å²) in [5.41, 5.74) is 0.168. The quantitative estimate of drug-likeness (QED) is 0.528. The fourth-order valence-corrected chi connectivity index (χ4v) is 2.14. The Morgan fingerprint density at radius 2 is 2.17 bits per heavy atom. The van der Waals surface area contributed by atoms with Crippen molar-refractivity contribution in [2.45, 2.75) is 26.4 Å². The van der Waals surface area contributed by atoms with Gasteiger partial charge in [0.2, 0.25) is 0 Å². The summed E-state index contributed by atoms with van der Waals surface area (Å²) < 4.78 is 10.2. The molecule has 0 aromatic heterocycles. The van der Waals surface area contributed by atoms with Crippen molar-refractivity contribution in [1.82, 2.24) is 0 Å². The Kier molecular flexibility index (Phi) is 2.75. The zero-order valence-electron chi connectivity index (χ0n) is 7.40. The lowest BCUT2D eigenvalue weighted by Gasteiger charge is -2.13. The first-order chi connectivity index (χ1) is 5.43. The zero-order valence-corrected chi connectivity index (χ0v) is 9.30. The van der Waals surface area contributed by atoms with E-state index in [0.717, 1.165) is 6.42 Å². The van der Waals surface area contributed by atoms with E-state index in [4.69, 9.17) is 9.05 Å². The summed E-state index contributed by atoms with van der Waals surface area (Å²) in [6.07, 6.45) is 1.05. The molecule has 0 spiro atoms. The average Bonchev–Trinajstić information content (AvgIpc) is 2.58. The number of nitroso groups, excluding NO2 is 1. The van der Waals surface area contributed by atoms with E-state index in [9.17, 15) is 4.91 Å². The largest absolute Gasteiger partial charge is 0.319 e. The van der Waals surface area contributed by atoms with Gasteiger partial charge in [0, 0.05) is 12.1 Å². The molecule has 1 aliphatic rings. The van der Waals surface area contributed by atoms with Crippen LogP contribution in [0.15, 0.2) is 4.95 Å². The monoisotopic (exact) mass is 209 g/mol. The number of hydrogen-bond acceptors (Lipinski definition) is 3. The van der Waals surface area contributed by atoms with E-state index in [0.29, 0.717) is 0 Å². The Morgan fingerprint density at radius 3 is 2.42 bits per heavy atom. The van der Waals surface area contributed by atoms with E-state index in [1.807, 2.05) is 0 Å². The van der Waals surface area contributed by atoms with Crippen LogP contribution in [0.1, 0.15) is 20.3 Å². The molecule has 1 rings (SSSR count). The van der Waals surface area contributed by atoms with Gasteiger partial charge in [0.05, 0.1) is 6.10 Å². The molecule has 0 aromatic rings. The summed E-state index contributed by atoms with van der Waals surface area (Å²) in [5, 5.41) is 0. The summed E-state index contributed by atoms with van der Waals surface area (Å²) in [7, 11) is 1.90. The van der Waals surface area contributed by atoms with Crippen molar-refractivity contribution in [3.8, 4) is 0 Å². The van der Waals surface area contributed by atoms with Gasteiger partial charge in [-0.2, -0.15) is 0 Å². The Labute approximate surface area is 74.2 Å². The molecule has 2 atom stereocenters. The van der Waals surface area contributed by atoms with Crippen LogP contribution in [0.3, 0.4) is 0 Å². The van der Waals surface area contributed by atoms with Crippen molar-refractivity contribution in [3.05, 3.63) is 4.91 Å². The summed E-state index contributed by atoms with van der Waals surface area (Å²) in [6.45, 7) is 4.16. The van der Waals surface area contributed by atoms with E-state index < -0.39 is 7.15 Å². The molecule has 6 heteroatoms. The van der Waals surface area contributed by atoms with E-state index in [-0.39, 0.29) is 11.5 Å². The Bertz CT molecular complexity index is 241. The van der Waals surface area contributed by atoms with Crippen molar-refractivity contribution in [2.75, 3.05) is 7.11 Å². The SMILES string of the molecule is COP(=P)(N=O)OC1CC1(C)C. The summed E-state index contributed by atoms with van der Waals surface area (Å²) >= 11 is 0. The molecule has 0 radical (unpaired) electrons. The maximum Gasteiger partial charge on any atom is 0.299 e. The van der Waals surface area contributed by atoms with Crippen LogP contribution in [0.2, 0.25) is 0 Å². The highest BCUT2D eigenvalue weighted by molar-refractivity contribution is 7.91. The van der Waals surface area contributed by atoms with Crippen molar-refractivity contribution in [1.29, 1.82) is 0 Å². The van der Waals surface area contributed by atoms with E-state index in [1.165, 1.54) is 7.11 Å². The van der Waals surface area contributed by atoms with Gasteiger partial charge >= 0.3 is 0 Å². The van der Waals surface area contributed by atoms with Crippen LogP contribution in [0.4, 0.5) is 0 Å². The highest BCUT2D eigenvalue weighted by Gasteiger charge is 2.49. The number of hydrogen-bond donors (Lipinski definition) is 0. The van der Waals surface area contributed by atoms with Crippen molar-refractivity contribution < 1.29 is 9.05 Å². The first-order valence-corrected chi connectivity index (χ1v) is 6.58. The lowest BCUT2D eigenvalue weighted by atomic mass is 10.2. The van der Waals surface area contributed by atoms with Crippen molar-refractivity contribution in [3.63, 3.8) is 0 Å². The minimum atomic E-state index is -2.63. The van der Waals surface area contributed by atoms with Crippen LogP contribution in [0, 0.1) is 10.3 Å². The second-order valence-electron chi connectivity index (χ2n) is 3.57. The van der Waals surface area contributed by atoms with Gasteiger partial charge in [-0.05, 0) is 20.4 Å². The molecule has 0 amide bonds. The summed E-state index contributed by atoms with van der Waals surface area (Å²) in [5.74, 6) is 0. The molecule has 1 fully saturated rings. The van der Waals surface area contributed by atoms with E-state index in [1.54, 1.807) is 0 Å². The molecule has 1 aliphatic carbocycles. The first kappa shape index (κ1) is 10.3. The summed E-state index contributed by atoms with van der Waals surface area (Å²) in [4.78, 5) is 13.1. The third kappa shape index (κ3) is 2.14. The van der Waals surface area contributed by atoms with Crippen molar-refractivity contribution >= 4 is 15.7 Å². The van der Waals surface area contributed by atoms with E-state index >= 15 is 0 Å². The first-order valence-electron chi connectivity index (χ1n) is 3.67. The van der Waals surface area contributed by atoms with Crippen LogP contribution < -0.4 is 0 Å². The van der Waals surface area contributed by atoms with Crippen LogP contribution in [0.5, 0.6) is 0 Å². The lowest BCUT2D eigenvalue weighted by molar-refractivity contribution is 0.238. The van der Waals surface area contributed by atoms with Crippen LogP contribution in [-0.2, 0) is 9.05 Å². The van der Waals surface area contributed by atoms with Crippen molar-refractivity contribution in [2.24, 2.45) is 10.4 Å². The Morgan fingerprint density at radius 1 is 1.67 bits per heavy atom. The lowest BCUT2D eigenvalue weighted by Crippen LogP contribution is -1.99. The summed E-state index contributed by atoms with van der Waals surface area (Å²) in [6, 6.07) is 0. The molecule has 0 N–H and O–H groups in total. The molecular weight excluding hydrogens is 196 g/mol. The number of nitrogens with zero attached hydrogens (tertiary/aromatic N) is 1. The van der Waals surface area contributed by atoms with Gasteiger partial charge < -0.3 is 9.05 Å². The van der Waals surface area contributed by atoms with Crippen LogP contribution >= 0.6 is 15.7 Å². The maximum atomic E-state index is 10.3. The molecule has 2 unspecified atom stereocenters. The second-order valence-corrected chi connectivity index (χ2v) is 7.05. The average molecular weight is 209 g/mol. The van der Waals surface area contributed by atoms with Gasteiger partial charge in [0.25, 0.3) is 7.15 Å². The van der Waals surface area contributed by atoms with Gasteiger partial charge in [-0.3, -0.25) is 0 Å². The zero-order chi connectivity index (χ0) is 9.41. The predicted octanol–water partition coefficient (Wildman–Crippen LogP) is 3.03. The van der Waals surface area contributed by atoms with Gasteiger partial charge in [-0.25, -0.2) is 0 Å². The smallest absolute Gasteiger partial charge is 0.299 e. The molecule has 0 bridgehead atoms.